The van der Waals surface area contributed by atoms with Gasteiger partial charge in [-0.3, -0.25) is 10.1 Å². The molecule has 2 N–H and O–H groups in total. The minimum atomic E-state index is -0.469. The molecule has 0 radical (unpaired) electrons. The van der Waals surface area contributed by atoms with Gasteiger partial charge in [-0.15, -0.1) is 0 Å². The van der Waals surface area contributed by atoms with Gasteiger partial charge in [-0.25, -0.2) is 0 Å². The largest absolute Gasteiger partial charge is 0.398 e. The van der Waals surface area contributed by atoms with E-state index < -0.39 is 4.92 Å². The van der Waals surface area contributed by atoms with E-state index in [0.29, 0.717) is 17.1 Å². The molecule has 0 fully saturated rings. The number of nitro benzene ring substituents is 1. The summed E-state index contributed by atoms with van der Waals surface area (Å²) in [5.41, 5.74) is 8.59. The van der Waals surface area contributed by atoms with E-state index in [1.165, 1.54) is 12.1 Å². The lowest BCUT2D eigenvalue weighted by Gasteiger charge is -2.03. The van der Waals surface area contributed by atoms with Crippen LogP contribution in [-0.4, -0.2) is 15.1 Å². The Hall–Kier alpha value is -3.22. The Labute approximate surface area is 125 Å². The number of rotatable bonds is 3. The summed E-state index contributed by atoms with van der Waals surface area (Å²) in [7, 11) is 0. The topological polar surface area (TPSA) is 108 Å². The fourth-order valence-corrected chi connectivity index (χ4v) is 2.10. The predicted octanol–water partition coefficient (Wildman–Crippen LogP) is 3.20. The second-order valence-electron chi connectivity index (χ2n) is 4.75. The normalized spacial score (nSPS) is 10.6. The van der Waals surface area contributed by atoms with Crippen LogP contribution in [0.2, 0.25) is 0 Å². The highest BCUT2D eigenvalue weighted by Gasteiger charge is 2.15. The van der Waals surface area contributed by atoms with Crippen LogP contribution >= 0.6 is 0 Å². The molecule has 3 aromatic rings. The van der Waals surface area contributed by atoms with Gasteiger partial charge in [0.25, 0.3) is 11.6 Å². The maximum atomic E-state index is 10.8. The zero-order valence-corrected chi connectivity index (χ0v) is 11.7. The van der Waals surface area contributed by atoms with Crippen LogP contribution in [0.4, 0.5) is 11.4 Å². The summed E-state index contributed by atoms with van der Waals surface area (Å²) in [5.74, 6) is 0.617. The lowest BCUT2D eigenvalue weighted by molar-refractivity contribution is -0.384. The van der Waals surface area contributed by atoms with Crippen LogP contribution in [0, 0.1) is 17.0 Å². The van der Waals surface area contributed by atoms with Crippen LogP contribution in [0.1, 0.15) is 5.56 Å². The van der Waals surface area contributed by atoms with Gasteiger partial charge in [-0.05, 0) is 24.6 Å². The van der Waals surface area contributed by atoms with Gasteiger partial charge in [0.2, 0.25) is 5.82 Å². The summed E-state index contributed by atoms with van der Waals surface area (Å²) >= 11 is 0. The molecule has 0 amide bonds. The molecule has 3 rings (SSSR count). The van der Waals surface area contributed by atoms with Crippen LogP contribution in [-0.2, 0) is 0 Å². The van der Waals surface area contributed by atoms with Gasteiger partial charge in [0.1, 0.15) is 0 Å². The molecule has 0 saturated carbocycles. The van der Waals surface area contributed by atoms with Crippen molar-refractivity contribution >= 4 is 11.4 Å². The molecular formula is C15H12N4O3. The van der Waals surface area contributed by atoms with Crippen molar-refractivity contribution in [2.75, 3.05) is 5.73 Å². The summed E-state index contributed by atoms with van der Waals surface area (Å²) in [4.78, 5) is 14.6. The minimum absolute atomic E-state index is 0.0302. The van der Waals surface area contributed by atoms with Crippen molar-refractivity contribution < 1.29 is 9.45 Å². The highest BCUT2D eigenvalue weighted by molar-refractivity contribution is 5.69. The number of nitrogens with zero attached hydrogens (tertiary/aromatic N) is 3. The molecular weight excluding hydrogens is 284 g/mol. The van der Waals surface area contributed by atoms with E-state index in [-0.39, 0.29) is 11.6 Å². The molecule has 22 heavy (non-hydrogen) atoms. The van der Waals surface area contributed by atoms with Crippen molar-refractivity contribution in [3.05, 3.63) is 58.1 Å². The van der Waals surface area contributed by atoms with E-state index in [2.05, 4.69) is 10.1 Å². The SMILES string of the molecule is Cc1c(N)cccc1-c1noc(-c2cccc([N+](=O)[O-])c2)n1. The zero-order valence-electron chi connectivity index (χ0n) is 11.7. The highest BCUT2D eigenvalue weighted by atomic mass is 16.6. The number of anilines is 1. The molecule has 0 atom stereocenters. The molecule has 2 aromatic carbocycles. The standard InChI is InChI=1S/C15H12N4O3/c1-9-12(6-3-7-13(9)16)14-17-15(22-18-14)10-4-2-5-11(8-10)19(20)21/h2-8H,16H2,1H3. The second kappa shape index (κ2) is 5.28. The van der Waals surface area contributed by atoms with E-state index in [1.807, 2.05) is 13.0 Å². The van der Waals surface area contributed by atoms with Gasteiger partial charge < -0.3 is 10.3 Å². The van der Waals surface area contributed by atoms with Crippen molar-refractivity contribution in [1.82, 2.24) is 10.1 Å². The van der Waals surface area contributed by atoms with Crippen LogP contribution in [0.3, 0.4) is 0 Å². The van der Waals surface area contributed by atoms with E-state index in [1.54, 1.807) is 24.3 Å². The number of benzene rings is 2. The first-order valence-corrected chi connectivity index (χ1v) is 6.50. The Morgan fingerprint density at radius 3 is 2.77 bits per heavy atom. The van der Waals surface area contributed by atoms with E-state index >= 15 is 0 Å². The van der Waals surface area contributed by atoms with Crippen molar-refractivity contribution in [2.24, 2.45) is 0 Å². The smallest absolute Gasteiger partial charge is 0.270 e. The van der Waals surface area contributed by atoms with Crippen molar-refractivity contribution in [1.29, 1.82) is 0 Å². The Morgan fingerprint density at radius 1 is 1.23 bits per heavy atom. The first-order valence-electron chi connectivity index (χ1n) is 6.50. The highest BCUT2D eigenvalue weighted by Crippen LogP contribution is 2.28. The molecule has 0 aliphatic heterocycles. The van der Waals surface area contributed by atoms with Gasteiger partial charge in [-0.2, -0.15) is 4.98 Å². The van der Waals surface area contributed by atoms with Crippen molar-refractivity contribution in [3.8, 4) is 22.8 Å². The molecule has 1 aromatic heterocycles. The Balaban J connectivity index is 2.02. The molecule has 0 bridgehead atoms. The summed E-state index contributed by atoms with van der Waals surface area (Å²) in [6, 6.07) is 11.5. The predicted molar refractivity (Wildman–Crippen MR) is 81.0 cm³/mol. The third kappa shape index (κ3) is 2.39. The lowest BCUT2D eigenvalue weighted by atomic mass is 10.1. The summed E-state index contributed by atoms with van der Waals surface area (Å²) in [6.07, 6.45) is 0. The van der Waals surface area contributed by atoms with E-state index in [4.69, 9.17) is 10.3 Å². The Morgan fingerprint density at radius 2 is 2.00 bits per heavy atom. The first-order chi connectivity index (χ1) is 10.6. The third-order valence-electron chi connectivity index (χ3n) is 3.35. The molecule has 0 spiro atoms. The van der Waals surface area contributed by atoms with Crippen LogP contribution < -0.4 is 5.73 Å². The van der Waals surface area contributed by atoms with Crippen LogP contribution in [0.15, 0.2) is 47.0 Å². The van der Waals surface area contributed by atoms with E-state index in [0.717, 1.165) is 11.1 Å². The quantitative estimate of drug-likeness (QED) is 0.451. The fourth-order valence-electron chi connectivity index (χ4n) is 2.10. The van der Waals surface area contributed by atoms with Crippen LogP contribution in [0.25, 0.3) is 22.8 Å². The van der Waals surface area contributed by atoms with Gasteiger partial charge >= 0.3 is 0 Å². The molecule has 0 saturated heterocycles. The average Bonchev–Trinajstić information content (AvgIpc) is 3.00. The van der Waals surface area contributed by atoms with Crippen molar-refractivity contribution in [2.45, 2.75) is 6.92 Å². The summed E-state index contributed by atoms with van der Waals surface area (Å²) in [6.45, 7) is 1.87. The zero-order chi connectivity index (χ0) is 15.7. The fraction of sp³-hybridized carbons (Fsp3) is 0.0667. The number of nitrogens with two attached hydrogens (primary N) is 1. The van der Waals surface area contributed by atoms with Crippen molar-refractivity contribution in [3.63, 3.8) is 0 Å². The molecule has 0 aliphatic carbocycles. The monoisotopic (exact) mass is 296 g/mol. The van der Waals surface area contributed by atoms with Gasteiger partial charge in [0.05, 0.1) is 4.92 Å². The number of hydrogen-bond donors (Lipinski definition) is 1. The minimum Gasteiger partial charge on any atom is -0.398 e. The maximum absolute atomic E-state index is 10.8. The molecule has 7 nitrogen and oxygen atoms in total. The van der Waals surface area contributed by atoms with Gasteiger partial charge in [-0.1, -0.05) is 23.4 Å². The summed E-state index contributed by atoms with van der Waals surface area (Å²) < 4.78 is 5.21. The molecule has 0 aliphatic rings. The average molecular weight is 296 g/mol. The van der Waals surface area contributed by atoms with Crippen LogP contribution in [0.5, 0.6) is 0 Å². The number of nitro groups is 1. The van der Waals surface area contributed by atoms with Gasteiger partial charge in [0, 0.05) is 28.9 Å². The third-order valence-corrected chi connectivity index (χ3v) is 3.35. The Kier molecular flexibility index (Phi) is 3.30. The number of hydrogen-bond acceptors (Lipinski definition) is 6. The lowest BCUT2D eigenvalue weighted by Crippen LogP contribution is -1.93. The number of non-ortho nitro benzene ring substituents is 1. The molecule has 1 heterocycles. The molecule has 7 heteroatoms. The summed E-state index contributed by atoms with van der Waals surface area (Å²) in [5, 5.41) is 14.7. The maximum Gasteiger partial charge on any atom is 0.270 e. The Bertz CT molecular complexity index is 857. The van der Waals surface area contributed by atoms with E-state index in [9.17, 15) is 10.1 Å². The number of nitrogen functional groups attached to an aromatic ring is 1. The first kappa shape index (κ1) is 13.7. The second-order valence-corrected chi connectivity index (χ2v) is 4.75. The molecule has 110 valence electrons. The number of aromatic nitrogens is 2. The van der Waals surface area contributed by atoms with Gasteiger partial charge in [0.15, 0.2) is 0 Å². The molecule has 0 unspecified atom stereocenters.